The second-order valence-electron chi connectivity index (χ2n) is 7.61. The van der Waals surface area contributed by atoms with Gasteiger partial charge in [0.1, 0.15) is 0 Å². The number of hydrogen-bond donors (Lipinski definition) is 0. The molecule has 1 spiro atoms. The van der Waals surface area contributed by atoms with Gasteiger partial charge < -0.3 is 14.5 Å². The van der Waals surface area contributed by atoms with Gasteiger partial charge in [0.25, 0.3) is 0 Å². The maximum atomic E-state index is 13.0. The highest BCUT2D eigenvalue weighted by molar-refractivity contribution is 5.32. The Morgan fingerprint density at radius 3 is 2.78 bits per heavy atom. The van der Waals surface area contributed by atoms with Gasteiger partial charge in [-0.15, -0.1) is 0 Å². The van der Waals surface area contributed by atoms with Gasteiger partial charge in [-0.1, -0.05) is 0 Å². The quantitative estimate of drug-likeness (QED) is 0.827. The summed E-state index contributed by atoms with van der Waals surface area (Å²) in [6, 6.07) is 0. The van der Waals surface area contributed by atoms with Crippen molar-refractivity contribution >= 4 is 5.95 Å². The molecule has 1 saturated carbocycles. The Morgan fingerprint density at radius 1 is 1.26 bits per heavy atom. The number of nitrogens with zero attached hydrogens (tertiary/aromatic N) is 4. The summed E-state index contributed by atoms with van der Waals surface area (Å²) in [6.45, 7) is 5.88. The summed E-state index contributed by atoms with van der Waals surface area (Å²) in [5, 5.41) is 0. The minimum absolute atomic E-state index is 0.260. The van der Waals surface area contributed by atoms with E-state index >= 15 is 0 Å². The van der Waals surface area contributed by atoms with Crippen LogP contribution in [-0.4, -0.2) is 61.3 Å². The first-order chi connectivity index (χ1) is 11.1. The monoisotopic (exact) mass is 320 g/mol. The van der Waals surface area contributed by atoms with Crippen molar-refractivity contribution in [3.63, 3.8) is 0 Å². The molecule has 0 unspecified atom stereocenters. The van der Waals surface area contributed by atoms with Crippen molar-refractivity contribution < 1.29 is 9.13 Å². The number of hydrogen-bond acceptors (Lipinski definition) is 5. The van der Waals surface area contributed by atoms with E-state index in [4.69, 9.17) is 4.74 Å². The second kappa shape index (κ2) is 5.98. The van der Waals surface area contributed by atoms with Crippen LogP contribution in [0.3, 0.4) is 0 Å². The van der Waals surface area contributed by atoms with E-state index in [1.54, 1.807) is 0 Å². The molecule has 1 aliphatic carbocycles. The predicted octanol–water partition coefficient (Wildman–Crippen LogP) is 1.80. The van der Waals surface area contributed by atoms with Crippen LogP contribution in [0.25, 0.3) is 0 Å². The first kappa shape index (κ1) is 15.3. The van der Waals surface area contributed by atoms with Crippen molar-refractivity contribution in [1.82, 2.24) is 14.9 Å². The van der Waals surface area contributed by atoms with Crippen LogP contribution >= 0.6 is 0 Å². The lowest BCUT2D eigenvalue weighted by Crippen LogP contribution is -2.36. The number of rotatable bonds is 5. The fraction of sp³-hybridized carbons (Fsp3) is 0.765. The highest BCUT2D eigenvalue weighted by Gasteiger charge is 2.50. The first-order valence-electron chi connectivity index (χ1n) is 8.63. The highest BCUT2D eigenvalue weighted by Crippen LogP contribution is 2.44. The molecule has 126 valence electrons. The molecule has 1 aromatic heterocycles. The maximum absolute atomic E-state index is 13.0. The van der Waals surface area contributed by atoms with E-state index < -0.39 is 0 Å². The van der Waals surface area contributed by atoms with Crippen LogP contribution in [0.1, 0.15) is 19.3 Å². The lowest BCUT2D eigenvalue weighted by atomic mass is 9.77. The molecule has 0 radical (unpaired) electrons. The van der Waals surface area contributed by atoms with E-state index in [9.17, 15) is 4.39 Å². The van der Waals surface area contributed by atoms with Crippen LogP contribution in [0.4, 0.5) is 10.3 Å². The Balaban J connectivity index is 1.42. The van der Waals surface area contributed by atoms with Crippen LogP contribution < -0.4 is 4.90 Å². The van der Waals surface area contributed by atoms with Gasteiger partial charge >= 0.3 is 0 Å². The molecule has 4 rings (SSSR count). The number of ether oxygens (including phenoxy) is 1. The SMILES string of the molecule is CN1C[C@@H](COCC2CC2)[C@]2(CCN(c3ncc(F)cn3)C2)C1. The van der Waals surface area contributed by atoms with Crippen LogP contribution in [0.2, 0.25) is 0 Å². The van der Waals surface area contributed by atoms with Gasteiger partial charge in [-0.05, 0) is 32.2 Å². The van der Waals surface area contributed by atoms with Crippen molar-refractivity contribution in [2.75, 3.05) is 51.3 Å². The van der Waals surface area contributed by atoms with E-state index in [-0.39, 0.29) is 11.2 Å². The average Bonchev–Trinajstić information content (AvgIpc) is 3.18. The average molecular weight is 320 g/mol. The zero-order valence-electron chi connectivity index (χ0n) is 13.7. The Morgan fingerprint density at radius 2 is 2.04 bits per heavy atom. The molecule has 3 heterocycles. The van der Waals surface area contributed by atoms with Crippen LogP contribution in [0.15, 0.2) is 12.4 Å². The molecule has 0 amide bonds. The molecule has 0 aromatic carbocycles. The van der Waals surface area contributed by atoms with Gasteiger partial charge in [-0.25, -0.2) is 14.4 Å². The summed E-state index contributed by atoms with van der Waals surface area (Å²) >= 11 is 0. The smallest absolute Gasteiger partial charge is 0.225 e. The summed E-state index contributed by atoms with van der Waals surface area (Å²) < 4.78 is 19.0. The number of halogens is 1. The van der Waals surface area contributed by atoms with Crippen molar-refractivity contribution in [1.29, 1.82) is 0 Å². The van der Waals surface area contributed by atoms with Crippen molar-refractivity contribution in [3.8, 4) is 0 Å². The number of likely N-dealkylation sites (tertiary alicyclic amines) is 1. The Hall–Kier alpha value is -1.27. The highest BCUT2D eigenvalue weighted by atomic mass is 19.1. The summed E-state index contributed by atoms with van der Waals surface area (Å²) in [7, 11) is 2.19. The molecule has 1 aromatic rings. The van der Waals surface area contributed by atoms with Gasteiger partial charge in [0.05, 0.1) is 19.0 Å². The summed E-state index contributed by atoms with van der Waals surface area (Å²) in [6.07, 6.45) is 6.32. The fourth-order valence-electron chi connectivity index (χ4n) is 4.19. The predicted molar refractivity (Wildman–Crippen MR) is 85.8 cm³/mol. The van der Waals surface area contributed by atoms with Crippen molar-refractivity contribution in [3.05, 3.63) is 18.2 Å². The third-order valence-corrected chi connectivity index (χ3v) is 5.63. The van der Waals surface area contributed by atoms with E-state index in [1.807, 2.05) is 0 Å². The number of aromatic nitrogens is 2. The standard InChI is InChI=1S/C17H25FN4O/c1-21-8-14(10-23-9-13-2-3-13)17(11-21)4-5-22(12-17)16-19-6-15(18)7-20-16/h6-7,13-14H,2-5,8-12H2,1H3/t14-,17+/m0/s1. The van der Waals surface area contributed by atoms with E-state index in [0.717, 1.165) is 51.7 Å². The molecule has 0 bridgehead atoms. The molecular formula is C17H25FN4O. The topological polar surface area (TPSA) is 41.5 Å². The third kappa shape index (κ3) is 3.19. The first-order valence-corrected chi connectivity index (χ1v) is 8.63. The van der Waals surface area contributed by atoms with E-state index in [2.05, 4.69) is 26.8 Å². The summed E-state index contributed by atoms with van der Waals surface area (Å²) in [4.78, 5) is 12.9. The minimum Gasteiger partial charge on any atom is -0.381 e. The van der Waals surface area contributed by atoms with Gasteiger partial charge in [0.15, 0.2) is 5.82 Å². The van der Waals surface area contributed by atoms with E-state index in [1.165, 1.54) is 25.2 Å². The van der Waals surface area contributed by atoms with Crippen molar-refractivity contribution in [2.24, 2.45) is 17.3 Å². The molecule has 6 heteroatoms. The Labute approximate surface area is 136 Å². The van der Waals surface area contributed by atoms with Crippen LogP contribution in [-0.2, 0) is 4.74 Å². The molecule has 0 N–H and O–H groups in total. The normalized spacial score (nSPS) is 31.4. The Kier molecular flexibility index (Phi) is 3.97. The Bertz CT molecular complexity index is 550. The lowest BCUT2D eigenvalue weighted by molar-refractivity contribution is 0.0603. The van der Waals surface area contributed by atoms with Gasteiger partial charge in [0.2, 0.25) is 5.95 Å². The van der Waals surface area contributed by atoms with Gasteiger partial charge in [-0.2, -0.15) is 0 Å². The fourth-order valence-corrected chi connectivity index (χ4v) is 4.19. The van der Waals surface area contributed by atoms with E-state index in [0.29, 0.717) is 11.9 Å². The molecule has 5 nitrogen and oxygen atoms in total. The molecule has 3 aliphatic rings. The number of anilines is 1. The zero-order chi connectivity index (χ0) is 15.9. The lowest BCUT2D eigenvalue weighted by Gasteiger charge is -2.30. The van der Waals surface area contributed by atoms with Crippen LogP contribution in [0.5, 0.6) is 0 Å². The molecule has 2 aliphatic heterocycles. The van der Waals surface area contributed by atoms with Crippen LogP contribution in [0, 0.1) is 23.1 Å². The minimum atomic E-state index is -0.380. The molecule has 23 heavy (non-hydrogen) atoms. The molecule has 2 saturated heterocycles. The maximum Gasteiger partial charge on any atom is 0.225 e. The zero-order valence-corrected chi connectivity index (χ0v) is 13.7. The van der Waals surface area contributed by atoms with Gasteiger partial charge in [-0.3, -0.25) is 0 Å². The summed E-state index contributed by atoms with van der Waals surface area (Å²) in [5.74, 6) is 1.65. The summed E-state index contributed by atoms with van der Waals surface area (Å²) in [5.41, 5.74) is 0.260. The van der Waals surface area contributed by atoms with Crippen molar-refractivity contribution in [2.45, 2.75) is 19.3 Å². The molecule has 2 atom stereocenters. The van der Waals surface area contributed by atoms with Gasteiger partial charge in [0, 0.05) is 44.1 Å². The largest absolute Gasteiger partial charge is 0.381 e. The third-order valence-electron chi connectivity index (χ3n) is 5.63. The molecular weight excluding hydrogens is 295 g/mol. The molecule has 3 fully saturated rings. The second-order valence-corrected chi connectivity index (χ2v) is 7.61.